The average Bonchev–Trinajstić information content (AvgIpc) is 3.03. The predicted molar refractivity (Wildman–Crippen MR) is 91.1 cm³/mol. The first-order valence-electron chi connectivity index (χ1n) is 7.43. The lowest BCUT2D eigenvalue weighted by Crippen LogP contribution is -2.20. The zero-order valence-electron chi connectivity index (χ0n) is 13.4. The molecule has 0 aliphatic rings. The van der Waals surface area contributed by atoms with E-state index in [1.807, 2.05) is 31.2 Å². The quantitative estimate of drug-likeness (QED) is 0.577. The largest absolute Gasteiger partial charge is 0.497 e. The third-order valence-electron chi connectivity index (χ3n) is 3.50. The molecule has 0 atom stereocenters. The van der Waals surface area contributed by atoms with Gasteiger partial charge >= 0.3 is 0 Å². The van der Waals surface area contributed by atoms with E-state index in [9.17, 15) is 4.79 Å². The second-order valence-corrected chi connectivity index (χ2v) is 5.25. The van der Waals surface area contributed by atoms with Gasteiger partial charge in [0.1, 0.15) is 11.3 Å². The summed E-state index contributed by atoms with van der Waals surface area (Å²) >= 11 is 0. The number of amides is 1. The summed E-state index contributed by atoms with van der Waals surface area (Å²) < 4.78 is 6.81. The summed E-state index contributed by atoms with van der Waals surface area (Å²) in [4.78, 5) is 12.1. The molecule has 0 spiro atoms. The molecule has 24 heavy (non-hydrogen) atoms. The van der Waals surface area contributed by atoms with Gasteiger partial charge in [0.05, 0.1) is 24.9 Å². The van der Waals surface area contributed by atoms with Crippen molar-refractivity contribution in [2.24, 2.45) is 5.10 Å². The van der Waals surface area contributed by atoms with Crippen molar-refractivity contribution < 1.29 is 9.53 Å². The number of carbonyl (C=O) groups excluding carboxylic acids is 1. The molecule has 7 nitrogen and oxygen atoms in total. The summed E-state index contributed by atoms with van der Waals surface area (Å²) in [6.45, 7) is 2.27. The minimum Gasteiger partial charge on any atom is -0.497 e. The molecule has 0 radical (unpaired) electrons. The molecule has 1 N–H and O–H groups in total. The Labute approximate surface area is 138 Å². The highest BCUT2D eigenvalue weighted by Crippen LogP contribution is 2.11. The Hall–Kier alpha value is -3.22. The van der Waals surface area contributed by atoms with Gasteiger partial charge in [-0.15, -0.1) is 5.10 Å². The number of ether oxygens (including phenoxy) is 1. The van der Waals surface area contributed by atoms with Crippen LogP contribution in [0.4, 0.5) is 0 Å². The molecule has 122 valence electrons. The monoisotopic (exact) mass is 323 g/mol. The predicted octanol–water partition coefficient (Wildman–Crippen LogP) is 2.25. The third-order valence-corrected chi connectivity index (χ3v) is 3.50. The number of hydrogen-bond acceptors (Lipinski definition) is 5. The normalized spacial score (nSPS) is 11.5. The first-order valence-corrected chi connectivity index (χ1v) is 7.43. The minimum atomic E-state index is -0.277. The van der Waals surface area contributed by atoms with E-state index in [1.54, 1.807) is 36.1 Å². The molecule has 0 unspecified atom stereocenters. The maximum Gasteiger partial charge on any atom is 0.271 e. The van der Waals surface area contributed by atoms with Gasteiger partial charge in [-0.1, -0.05) is 17.3 Å². The molecule has 3 rings (SSSR count). The van der Waals surface area contributed by atoms with Gasteiger partial charge in [-0.2, -0.15) is 5.10 Å². The number of fused-ring (bicyclic) bond motifs is 1. The van der Waals surface area contributed by atoms with Gasteiger partial charge in [-0.25, -0.2) is 10.1 Å². The lowest BCUT2D eigenvalue weighted by Gasteiger charge is -2.04. The third kappa shape index (κ3) is 3.40. The molecule has 1 heterocycles. The van der Waals surface area contributed by atoms with Crippen LogP contribution in [0.3, 0.4) is 0 Å². The number of hydrogen-bond donors (Lipinski definition) is 1. The van der Waals surface area contributed by atoms with E-state index >= 15 is 0 Å². The van der Waals surface area contributed by atoms with Gasteiger partial charge in [0, 0.05) is 5.56 Å². The molecule has 0 saturated heterocycles. The summed E-state index contributed by atoms with van der Waals surface area (Å²) in [5, 5.41) is 12.3. The van der Waals surface area contributed by atoms with E-state index in [0.717, 1.165) is 11.0 Å². The molecule has 3 aromatic rings. The zero-order valence-corrected chi connectivity index (χ0v) is 13.4. The first-order chi connectivity index (χ1) is 11.7. The smallest absolute Gasteiger partial charge is 0.271 e. The van der Waals surface area contributed by atoms with E-state index in [1.165, 1.54) is 0 Å². The number of carbonyl (C=O) groups is 1. The van der Waals surface area contributed by atoms with Crippen LogP contribution in [-0.2, 0) is 6.54 Å². The van der Waals surface area contributed by atoms with E-state index in [-0.39, 0.29) is 5.91 Å². The average molecular weight is 323 g/mol. The number of benzene rings is 2. The lowest BCUT2D eigenvalue weighted by atomic mass is 10.2. The summed E-state index contributed by atoms with van der Waals surface area (Å²) in [6, 6.07) is 14.5. The summed E-state index contributed by atoms with van der Waals surface area (Å²) in [5.74, 6) is 0.421. The molecular weight excluding hydrogens is 306 g/mol. The van der Waals surface area contributed by atoms with Gasteiger partial charge in [-0.05, 0) is 43.3 Å². The standard InChI is InChI=1S/C17H17N5O2/c1-12(11-22-16-6-4-3-5-15(16)19-21-22)18-20-17(23)13-7-9-14(24-2)10-8-13/h3-10H,11H2,1-2H3,(H,20,23)/b18-12-. The molecule has 1 aromatic heterocycles. The van der Waals surface area contributed by atoms with Crippen molar-refractivity contribution in [3.05, 3.63) is 54.1 Å². The summed E-state index contributed by atoms with van der Waals surface area (Å²) in [6.07, 6.45) is 0. The van der Waals surface area contributed by atoms with Crippen molar-refractivity contribution in [2.45, 2.75) is 13.5 Å². The highest BCUT2D eigenvalue weighted by Gasteiger charge is 2.07. The van der Waals surface area contributed by atoms with Crippen LogP contribution in [0, 0.1) is 0 Å². The Kier molecular flexibility index (Phi) is 4.51. The number of nitrogens with zero attached hydrogens (tertiary/aromatic N) is 4. The molecule has 0 fully saturated rings. The van der Waals surface area contributed by atoms with Crippen LogP contribution in [0.5, 0.6) is 5.75 Å². The van der Waals surface area contributed by atoms with Gasteiger partial charge in [0.2, 0.25) is 0 Å². The van der Waals surface area contributed by atoms with Crippen LogP contribution in [0.25, 0.3) is 11.0 Å². The number of aromatic nitrogens is 3. The summed E-state index contributed by atoms with van der Waals surface area (Å²) in [7, 11) is 1.58. The number of rotatable bonds is 5. The fourth-order valence-corrected chi connectivity index (χ4v) is 2.24. The Morgan fingerprint density at radius 3 is 2.71 bits per heavy atom. The van der Waals surface area contributed by atoms with Gasteiger partial charge in [0.15, 0.2) is 0 Å². The van der Waals surface area contributed by atoms with Crippen molar-refractivity contribution >= 4 is 22.7 Å². The Morgan fingerprint density at radius 1 is 1.21 bits per heavy atom. The van der Waals surface area contributed by atoms with Crippen molar-refractivity contribution in [2.75, 3.05) is 7.11 Å². The van der Waals surface area contributed by atoms with Crippen molar-refractivity contribution in [1.82, 2.24) is 20.4 Å². The van der Waals surface area contributed by atoms with Crippen molar-refractivity contribution in [1.29, 1.82) is 0 Å². The van der Waals surface area contributed by atoms with Crippen LogP contribution in [0.15, 0.2) is 53.6 Å². The maximum atomic E-state index is 12.1. The van der Waals surface area contributed by atoms with E-state index in [0.29, 0.717) is 23.6 Å². The lowest BCUT2D eigenvalue weighted by molar-refractivity contribution is 0.0954. The van der Waals surface area contributed by atoms with E-state index in [4.69, 9.17) is 4.74 Å². The van der Waals surface area contributed by atoms with Gasteiger partial charge in [0.25, 0.3) is 5.91 Å². The molecule has 0 aliphatic heterocycles. The molecule has 7 heteroatoms. The second-order valence-electron chi connectivity index (χ2n) is 5.25. The Bertz CT molecular complexity index is 883. The number of para-hydroxylation sites is 1. The fraction of sp³-hybridized carbons (Fsp3) is 0.176. The van der Waals surface area contributed by atoms with Crippen molar-refractivity contribution in [3.8, 4) is 5.75 Å². The molecule has 0 saturated carbocycles. The topological polar surface area (TPSA) is 81.4 Å². The van der Waals surface area contributed by atoms with Crippen LogP contribution in [0.1, 0.15) is 17.3 Å². The van der Waals surface area contributed by atoms with Gasteiger partial charge in [-0.3, -0.25) is 4.79 Å². The number of hydrazone groups is 1. The van der Waals surface area contributed by atoms with Crippen LogP contribution in [0.2, 0.25) is 0 Å². The molecule has 2 aromatic carbocycles. The van der Waals surface area contributed by atoms with Crippen LogP contribution >= 0.6 is 0 Å². The number of nitrogens with one attached hydrogen (secondary N) is 1. The highest BCUT2D eigenvalue weighted by molar-refractivity contribution is 5.95. The molecule has 1 amide bonds. The molecule has 0 bridgehead atoms. The second kappa shape index (κ2) is 6.91. The molecule has 0 aliphatic carbocycles. The first kappa shape index (κ1) is 15.7. The van der Waals surface area contributed by atoms with Crippen LogP contribution in [-0.4, -0.2) is 33.7 Å². The maximum absolute atomic E-state index is 12.1. The SMILES string of the molecule is COc1ccc(C(=O)N/N=C(/C)Cn2nnc3ccccc32)cc1. The molecular formula is C17H17N5O2. The van der Waals surface area contributed by atoms with Gasteiger partial charge < -0.3 is 4.74 Å². The van der Waals surface area contributed by atoms with Crippen molar-refractivity contribution in [3.63, 3.8) is 0 Å². The van der Waals surface area contributed by atoms with Crippen LogP contribution < -0.4 is 10.2 Å². The number of methoxy groups -OCH3 is 1. The summed E-state index contributed by atoms with van der Waals surface area (Å²) in [5.41, 5.74) is 5.52. The highest BCUT2D eigenvalue weighted by atomic mass is 16.5. The Balaban J connectivity index is 1.66. The Morgan fingerprint density at radius 2 is 1.96 bits per heavy atom. The van der Waals surface area contributed by atoms with E-state index in [2.05, 4.69) is 20.8 Å². The minimum absolute atomic E-state index is 0.277. The zero-order chi connectivity index (χ0) is 16.9. The fourth-order valence-electron chi connectivity index (χ4n) is 2.24. The van der Waals surface area contributed by atoms with E-state index < -0.39 is 0 Å².